The molecule has 7 heteroatoms. The van der Waals surface area contributed by atoms with Crippen LogP contribution >= 0.6 is 23.2 Å². The quantitative estimate of drug-likeness (QED) is 0.518. The Morgan fingerprint density at radius 3 is 2.33 bits per heavy atom. The minimum atomic E-state index is -1.18. The number of carboxylic acid groups (broad SMARTS) is 1. The van der Waals surface area contributed by atoms with Crippen molar-refractivity contribution in [2.75, 3.05) is 0 Å². The Kier molecular flexibility index (Phi) is 6.19. The van der Waals surface area contributed by atoms with Crippen LogP contribution in [0.2, 0.25) is 10.2 Å². The third kappa shape index (κ3) is 6.24. The Hall–Kier alpha value is -0.880. The van der Waals surface area contributed by atoms with Crippen LogP contribution in [0.25, 0.3) is 0 Å². The number of aliphatic hydroxyl groups excluding tert-OH is 1. The van der Waals surface area contributed by atoms with Gasteiger partial charge in [-0.2, -0.15) is 0 Å². The molecular weight excluding hydrogens is 243 g/mol. The zero-order chi connectivity index (χ0) is 12.0. The van der Waals surface area contributed by atoms with Crippen LogP contribution in [0.5, 0.6) is 0 Å². The van der Waals surface area contributed by atoms with Crippen molar-refractivity contribution in [3.63, 3.8) is 0 Å². The number of pyridine rings is 1. The highest BCUT2D eigenvalue weighted by Gasteiger charge is 2.09. The SMILES string of the molecule is CC(N)O.O=C(O)c1nc(Cl)ccc1Cl. The van der Waals surface area contributed by atoms with E-state index in [-0.39, 0.29) is 15.9 Å². The van der Waals surface area contributed by atoms with Gasteiger partial charge < -0.3 is 15.9 Å². The first-order chi connectivity index (χ1) is 6.84. The molecule has 5 nitrogen and oxygen atoms in total. The van der Waals surface area contributed by atoms with Crippen LogP contribution < -0.4 is 5.73 Å². The molecule has 84 valence electrons. The summed E-state index contributed by atoms with van der Waals surface area (Å²) >= 11 is 10.9. The lowest BCUT2D eigenvalue weighted by Crippen LogP contribution is -2.11. The first kappa shape index (κ1) is 14.1. The lowest BCUT2D eigenvalue weighted by molar-refractivity contribution is 0.0690. The summed E-state index contributed by atoms with van der Waals surface area (Å²) in [6, 6.07) is 2.82. The third-order valence-corrected chi connectivity index (χ3v) is 1.53. The van der Waals surface area contributed by atoms with Gasteiger partial charge in [0.2, 0.25) is 0 Å². The van der Waals surface area contributed by atoms with Crippen molar-refractivity contribution < 1.29 is 15.0 Å². The molecule has 1 aromatic rings. The molecule has 0 aromatic carbocycles. The van der Waals surface area contributed by atoms with Crippen LogP contribution in [0.1, 0.15) is 17.4 Å². The molecule has 4 N–H and O–H groups in total. The number of carbonyl (C=O) groups is 1. The number of aromatic nitrogens is 1. The fraction of sp³-hybridized carbons (Fsp3) is 0.250. The standard InChI is InChI=1S/C6H3Cl2NO2.C2H7NO/c7-3-1-2-4(8)9-5(3)6(10)11;1-2(3)4/h1-2H,(H,10,11);2,4H,3H2,1H3. The molecule has 1 heterocycles. The molecule has 0 amide bonds. The van der Waals surface area contributed by atoms with Gasteiger partial charge in [-0.05, 0) is 19.1 Å². The fourth-order valence-corrected chi connectivity index (χ4v) is 0.902. The molecule has 1 atom stereocenters. The first-order valence-corrected chi connectivity index (χ1v) is 4.59. The van der Waals surface area contributed by atoms with E-state index in [1.54, 1.807) is 0 Å². The predicted molar refractivity (Wildman–Crippen MR) is 57.1 cm³/mol. The van der Waals surface area contributed by atoms with Crippen LogP contribution in [0.3, 0.4) is 0 Å². The molecule has 0 saturated carbocycles. The number of nitrogens with zero attached hydrogens (tertiary/aromatic N) is 1. The van der Waals surface area contributed by atoms with E-state index in [0.717, 1.165) is 0 Å². The van der Waals surface area contributed by atoms with Crippen LogP contribution in [0.15, 0.2) is 12.1 Å². The minimum absolute atomic E-state index is 0.0851. The summed E-state index contributed by atoms with van der Waals surface area (Å²) in [5.74, 6) is -1.18. The monoisotopic (exact) mass is 252 g/mol. The van der Waals surface area contributed by atoms with Gasteiger partial charge in [0.25, 0.3) is 0 Å². The van der Waals surface area contributed by atoms with Gasteiger partial charge >= 0.3 is 5.97 Å². The van der Waals surface area contributed by atoms with E-state index >= 15 is 0 Å². The largest absolute Gasteiger partial charge is 0.476 e. The minimum Gasteiger partial charge on any atom is -0.476 e. The fourth-order valence-electron chi connectivity index (χ4n) is 0.568. The molecule has 0 saturated heterocycles. The molecule has 1 aromatic heterocycles. The number of aromatic carboxylic acids is 1. The Morgan fingerprint density at radius 2 is 2.00 bits per heavy atom. The topological polar surface area (TPSA) is 96.4 Å². The molecule has 0 aliphatic heterocycles. The lowest BCUT2D eigenvalue weighted by atomic mass is 10.3. The normalized spacial score (nSPS) is 11.3. The van der Waals surface area contributed by atoms with E-state index in [2.05, 4.69) is 10.7 Å². The van der Waals surface area contributed by atoms with E-state index in [0.29, 0.717) is 0 Å². The molecule has 0 radical (unpaired) electrons. The summed E-state index contributed by atoms with van der Waals surface area (Å²) in [4.78, 5) is 13.9. The second kappa shape index (κ2) is 6.58. The van der Waals surface area contributed by atoms with E-state index in [1.807, 2.05) is 0 Å². The number of nitrogens with two attached hydrogens (primary N) is 1. The number of carboxylic acids is 1. The summed E-state index contributed by atoms with van der Waals surface area (Å²) in [6.07, 6.45) is -0.667. The molecule has 15 heavy (non-hydrogen) atoms. The van der Waals surface area contributed by atoms with Crippen LogP contribution in [0, 0.1) is 0 Å². The summed E-state index contributed by atoms with van der Waals surface area (Å²) in [5.41, 5.74) is 4.44. The zero-order valence-corrected chi connectivity index (χ0v) is 9.33. The maximum Gasteiger partial charge on any atom is 0.356 e. The molecule has 0 aliphatic carbocycles. The van der Waals surface area contributed by atoms with Gasteiger partial charge in [0.15, 0.2) is 5.69 Å². The van der Waals surface area contributed by atoms with Gasteiger partial charge in [0.05, 0.1) is 11.3 Å². The summed E-state index contributed by atoms with van der Waals surface area (Å²) in [7, 11) is 0. The lowest BCUT2D eigenvalue weighted by Gasteiger charge is -1.96. The molecule has 1 unspecified atom stereocenters. The number of aliphatic hydroxyl groups is 1. The van der Waals surface area contributed by atoms with Gasteiger partial charge in [0.1, 0.15) is 5.15 Å². The van der Waals surface area contributed by atoms with Gasteiger partial charge in [-0.25, -0.2) is 9.78 Å². The maximum absolute atomic E-state index is 10.4. The number of hydrogen-bond donors (Lipinski definition) is 3. The second-order valence-electron chi connectivity index (χ2n) is 2.51. The molecule has 0 spiro atoms. The summed E-state index contributed by atoms with van der Waals surface area (Å²) in [6.45, 7) is 1.50. The molecule has 0 fully saturated rings. The Labute approximate surface area is 96.4 Å². The van der Waals surface area contributed by atoms with E-state index in [9.17, 15) is 4.79 Å². The van der Waals surface area contributed by atoms with Crippen LogP contribution in [-0.4, -0.2) is 27.4 Å². The average molecular weight is 253 g/mol. The highest BCUT2D eigenvalue weighted by molar-refractivity contribution is 6.34. The van der Waals surface area contributed by atoms with Crippen LogP contribution in [-0.2, 0) is 0 Å². The van der Waals surface area contributed by atoms with Crippen molar-refractivity contribution in [1.82, 2.24) is 4.98 Å². The van der Waals surface area contributed by atoms with Gasteiger partial charge in [-0.15, -0.1) is 0 Å². The van der Waals surface area contributed by atoms with Crippen molar-refractivity contribution in [3.8, 4) is 0 Å². The van der Waals surface area contributed by atoms with Crippen molar-refractivity contribution in [3.05, 3.63) is 28.0 Å². The Bertz CT molecular complexity index is 342. The van der Waals surface area contributed by atoms with Crippen molar-refractivity contribution in [1.29, 1.82) is 0 Å². The predicted octanol–water partition coefficient (Wildman–Crippen LogP) is 1.37. The maximum atomic E-state index is 10.4. The highest BCUT2D eigenvalue weighted by atomic mass is 35.5. The van der Waals surface area contributed by atoms with E-state index in [4.69, 9.17) is 33.4 Å². The third-order valence-electron chi connectivity index (χ3n) is 1.01. The number of hydrogen-bond acceptors (Lipinski definition) is 4. The molecule has 0 aliphatic rings. The first-order valence-electron chi connectivity index (χ1n) is 3.83. The zero-order valence-electron chi connectivity index (χ0n) is 7.82. The van der Waals surface area contributed by atoms with Gasteiger partial charge in [-0.3, -0.25) is 0 Å². The van der Waals surface area contributed by atoms with Crippen molar-refractivity contribution in [2.45, 2.75) is 13.2 Å². The molecular formula is C8H10Cl2N2O3. The summed E-state index contributed by atoms with van der Waals surface area (Å²) < 4.78 is 0. The summed E-state index contributed by atoms with van der Waals surface area (Å²) in [5, 5.41) is 16.5. The molecule has 1 rings (SSSR count). The second-order valence-corrected chi connectivity index (χ2v) is 3.30. The molecule has 0 bridgehead atoms. The van der Waals surface area contributed by atoms with E-state index in [1.165, 1.54) is 19.1 Å². The number of rotatable bonds is 1. The van der Waals surface area contributed by atoms with Crippen molar-refractivity contribution in [2.24, 2.45) is 5.73 Å². The number of halogens is 2. The highest BCUT2D eigenvalue weighted by Crippen LogP contribution is 2.16. The van der Waals surface area contributed by atoms with Crippen LogP contribution in [0.4, 0.5) is 0 Å². The Balaban J connectivity index is 0.000000423. The average Bonchev–Trinajstić information content (AvgIpc) is 2.08. The van der Waals surface area contributed by atoms with Gasteiger partial charge in [-0.1, -0.05) is 23.2 Å². The van der Waals surface area contributed by atoms with Gasteiger partial charge in [0, 0.05) is 0 Å². The van der Waals surface area contributed by atoms with E-state index < -0.39 is 12.2 Å². The Morgan fingerprint density at radius 1 is 1.53 bits per heavy atom. The van der Waals surface area contributed by atoms with Crippen molar-refractivity contribution >= 4 is 29.2 Å². The smallest absolute Gasteiger partial charge is 0.356 e.